The van der Waals surface area contributed by atoms with Crippen molar-refractivity contribution in [3.63, 3.8) is 0 Å². The Morgan fingerprint density at radius 1 is 0.692 bits per heavy atom. The zero-order valence-electron chi connectivity index (χ0n) is 13.8. The SMILES string of the molecule is O=C1C=C(Sc2ccccc2)C(=O)C=C1Nc1cccc2ccccc12. The number of carbonyl (C=O) groups is 2. The van der Waals surface area contributed by atoms with Gasteiger partial charge < -0.3 is 5.32 Å². The first-order valence-corrected chi connectivity index (χ1v) is 9.02. The van der Waals surface area contributed by atoms with E-state index in [0.717, 1.165) is 21.4 Å². The number of nitrogens with one attached hydrogen (secondary N) is 1. The summed E-state index contributed by atoms with van der Waals surface area (Å²) in [6.45, 7) is 0. The van der Waals surface area contributed by atoms with Gasteiger partial charge in [-0.3, -0.25) is 9.59 Å². The van der Waals surface area contributed by atoms with Crippen LogP contribution in [0.25, 0.3) is 10.8 Å². The molecule has 0 saturated carbocycles. The maximum Gasteiger partial charge on any atom is 0.203 e. The van der Waals surface area contributed by atoms with E-state index in [0.29, 0.717) is 10.6 Å². The number of rotatable bonds is 4. The molecule has 0 amide bonds. The van der Waals surface area contributed by atoms with Crippen LogP contribution >= 0.6 is 11.8 Å². The highest BCUT2D eigenvalue weighted by Gasteiger charge is 2.21. The summed E-state index contributed by atoms with van der Waals surface area (Å²) in [5.74, 6) is -0.364. The number of carbonyl (C=O) groups excluding carboxylic acids is 2. The minimum atomic E-state index is -0.198. The van der Waals surface area contributed by atoms with Crippen molar-refractivity contribution in [1.29, 1.82) is 0 Å². The van der Waals surface area contributed by atoms with E-state index in [4.69, 9.17) is 0 Å². The van der Waals surface area contributed by atoms with Crippen molar-refractivity contribution in [1.82, 2.24) is 0 Å². The van der Waals surface area contributed by atoms with E-state index in [2.05, 4.69) is 5.32 Å². The van der Waals surface area contributed by atoms with Crippen LogP contribution in [0.5, 0.6) is 0 Å². The van der Waals surface area contributed by atoms with Crippen LogP contribution in [0.2, 0.25) is 0 Å². The van der Waals surface area contributed by atoms with Gasteiger partial charge in [0.1, 0.15) is 0 Å². The summed E-state index contributed by atoms with van der Waals surface area (Å²) < 4.78 is 0. The lowest BCUT2D eigenvalue weighted by atomic mass is 10.1. The number of benzene rings is 3. The second kappa shape index (κ2) is 7.02. The number of hydrogen-bond acceptors (Lipinski definition) is 4. The van der Waals surface area contributed by atoms with Gasteiger partial charge in [-0.15, -0.1) is 0 Å². The zero-order chi connectivity index (χ0) is 17.9. The van der Waals surface area contributed by atoms with Crippen LogP contribution in [0.15, 0.2) is 100 Å². The van der Waals surface area contributed by atoms with Gasteiger partial charge in [0.15, 0.2) is 5.78 Å². The number of fused-ring (bicyclic) bond motifs is 1. The molecule has 0 aliphatic heterocycles. The molecule has 0 atom stereocenters. The predicted molar refractivity (Wildman–Crippen MR) is 106 cm³/mol. The van der Waals surface area contributed by atoms with Crippen LogP contribution in [0.3, 0.4) is 0 Å². The van der Waals surface area contributed by atoms with Crippen LogP contribution in [0, 0.1) is 0 Å². The molecule has 0 radical (unpaired) electrons. The van der Waals surface area contributed by atoms with Crippen molar-refractivity contribution in [2.75, 3.05) is 5.32 Å². The van der Waals surface area contributed by atoms with Gasteiger partial charge in [0.25, 0.3) is 0 Å². The molecule has 1 aliphatic rings. The maximum atomic E-state index is 12.5. The molecule has 26 heavy (non-hydrogen) atoms. The molecular formula is C22H15NO2S. The smallest absolute Gasteiger partial charge is 0.203 e. The Labute approximate surface area is 155 Å². The third kappa shape index (κ3) is 3.32. The quantitative estimate of drug-likeness (QED) is 0.670. The second-order valence-corrected chi connectivity index (χ2v) is 6.98. The molecule has 4 rings (SSSR count). The van der Waals surface area contributed by atoms with Gasteiger partial charge in [0.05, 0.1) is 10.6 Å². The van der Waals surface area contributed by atoms with Crippen molar-refractivity contribution in [3.05, 3.63) is 95.6 Å². The second-order valence-electron chi connectivity index (χ2n) is 5.86. The van der Waals surface area contributed by atoms with E-state index in [1.165, 1.54) is 23.9 Å². The van der Waals surface area contributed by atoms with Crippen LogP contribution in [-0.4, -0.2) is 11.6 Å². The van der Waals surface area contributed by atoms with Gasteiger partial charge in [0.2, 0.25) is 5.78 Å². The summed E-state index contributed by atoms with van der Waals surface area (Å²) in [5.41, 5.74) is 1.10. The largest absolute Gasteiger partial charge is 0.352 e. The van der Waals surface area contributed by atoms with Crippen LogP contribution in [0.4, 0.5) is 5.69 Å². The summed E-state index contributed by atoms with van der Waals surface area (Å²) in [4.78, 5) is 26.3. The molecule has 3 nitrogen and oxygen atoms in total. The summed E-state index contributed by atoms with van der Waals surface area (Å²) in [5, 5.41) is 5.20. The first kappa shape index (κ1) is 16.4. The fraction of sp³-hybridized carbons (Fsp3) is 0. The first-order valence-electron chi connectivity index (χ1n) is 8.20. The van der Waals surface area contributed by atoms with Crippen molar-refractivity contribution in [2.45, 2.75) is 4.90 Å². The average molecular weight is 357 g/mol. The molecule has 0 unspecified atom stereocenters. The zero-order valence-corrected chi connectivity index (χ0v) is 14.6. The number of anilines is 1. The van der Waals surface area contributed by atoms with E-state index in [1.54, 1.807) is 0 Å². The Morgan fingerprint density at radius 3 is 2.27 bits per heavy atom. The molecule has 0 heterocycles. The molecule has 0 aromatic heterocycles. The van der Waals surface area contributed by atoms with Crippen molar-refractivity contribution in [2.24, 2.45) is 0 Å². The summed E-state index contributed by atoms with van der Waals surface area (Å²) in [6, 6.07) is 23.3. The minimum Gasteiger partial charge on any atom is -0.352 e. The van der Waals surface area contributed by atoms with Gasteiger partial charge in [-0.2, -0.15) is 0 Å². The van der Waals surface area contributed by atoms with Gasteiger partial charge in [-0.25, -0.2) is 0 Å². The third-order valence-electron chi connectivity index (χ3n) is 4.08. The van der Waals surface area contributed by atoms with E-state index < -0.39 is 0 Å². The molecule has 0 bridgehead atoms. The molecule has 1 N–H and O–H groups in total. The lowest BCUT2D eigenvalue weighted by molar-refractivity contribution is -0.114. The number of allylic oxidation sites excluding steroid dienone is 3. The molecule has 0 fully saturated rings. The van der Waals surface area contributed by atoms with E-state index in [-0.39, 0.29) is 11.6 Å². The van der Waals surface area contributed by atoms with Crippen LogP contribution in [0.1, 0.15) is 0 Å². The molecule has 0 spiro atoms. The maximum absolute atomic E-state index is 12.5. The lowest BCUT2D eigenvalue weighted by Gasteiger charge is -2.15. The first-order chi connectivity index (χ1) is 12.7. The monoisotopic (exact) mass is 357 g/mol. The Bertz CT molecular complexity index is 1060. The standard InChI is InChI=1S/C22H15NO2S/c24-20-14-22(26-16-9-2-1-3-10-16)21(25)13-19(20)23-18-12-6-8-15-7-4-5-11-17(15)18/h1-14,23H. The predicted octanol–water partition coefficient (Wildman–Crippen LogP) is 4.96. The highest BCUT2D eigenvalue weighted by molar-refractivity contribution is 8.04. The molecule has 3 aromatic carbocycles. The molecule has 0 saturated heterocycles. The Balaban J connectivity index is 1.58. The highest BCUT2D eigenvalue weighted by atomic mass is 32.2. The van der Waals surface area contributed by atoms with Crippen molar-refractivity contribution >= 4 is 39.8 Å². The van der Waals surface area contributed by atoms with E-state index in [1.807, 2.05) is 72.8 Å². The summed E-state index contributed by atoms with van der Waals surface area (Å²) in [7, 11) is 0. The summed E-state index contributed by atoms with van der Waals surface area (Å²) >= 11 is 1.31. The average Bonchev–Trinajstić information content (AvgIpc) is 2.67. The number of thioether (sulfide) groups is 1. The molecule has 126 valence electrons. The molecular weight excluding hydrogens is 342 g/mol. The van der Waals surface area contributed by atoms with Gasteiger partial charge >= 0.3 is 0 Å². The lowest BCUT2D eigenvalue weighted by Crippen LogP contribution is -2.17. The van der Waals surface area contributed by atoms with Crippen LogP contribution in [-0.2, 0) is 9.59 Å². The van der Waals surface area contributed by atoms with Gasteiger partial charge in [0, 0.05) is 28.1 Å². The van der Waals surface area contributed by atoms with E-state index >= 15 is 0 Å². The van der Waals surface area contributed by atoms with Gasteiger partial charge in [-0.05, 0) is 23.6 Å². The molecule has 4 heteroatoms. The number of hydrogen-bond donors (Lipinski definition) is 1. The van der Waals surface area contributed by atoms with E-state index in [9.17, 15) is 9.59 Å². The fourth-order valence-corrected chi connectivity index (χ4v) is 3.69. The van der Waals surface area contributed by atoms with Crippen molar-refractivity contribution in [3.8, 4) is 0 Å². The molecule has 3 aromatic rings. The Kier molecular flexibility index (Phi) is 4.42. The van der Waals surface area contributed by atoms with Crippen LogP contribution < -0.4 is 5.32 Å². The number of ketones is 2. The topological polar surface area (TPSA) is 46.2 Å². The normalized spacial score (nSPS) is 14.2. The Hall–Kier alpha value is -3.11. The van der Waals surface area contributed by atoms with Crippen molar-refractivity contribution < 1.29 is 9.59 Å². The minimum absolute atomic E-state index is 0.166. The third-order valence-corrected chi connectivity index (χ3v) is 5.12. The Morgan fingerprint density at radius 2 is 1.42 bits per heavy atom. The summed E-state index contributed by atoms with van der Waals surface area (Å²) in [6.07, 6.45) is 2.79. The molecule has 1 aliphatic carbocycles. The van der Waals surface area contributed by atoms with Gasteiger partial charge in [-0.1, -0.05) is 66.4 Å². The highest BCUT2D eigenvalue weighted by Crippen LogP contribution is 2.31. The fourth-order valence-electron chi connectivity index (χ4n) is 2.81.